The van der Waals surface area contributed by atoms with Crippen molar-refractivity contribution in [1.29, 1.82) is 0 Å². The molecule has 1 aliphatic carbocycles. The van der Waals surface area contributed by atoms with E-state index in [4.69, 9.17) is 10.5 Å². The summed E-state index contributed by atoms with van der Waals surface area (Å²) in [5, 5.41) is 3.21. The van der Waals surface area contributed by atoms with Gasteiger partial charge in [-0.25, -0.2) is 0 Å². The molecule has 1 fully saturated rings. The lowest BCUT2D eigenvalue weighted by Crippen LogP contribution is -2.36. The predicted octanol–water partition coefficient (Wildman–Crippen LogP) is 2.63. The van der Waals surface area contributed by atoms with Gasteiger partial charge in [-0.05, 0) is 61.9 Å². The highest BCUT2D eigenvalue weighted by Crippen LogP contribution is 2.24. The van der Waals surface area contributed by atoms with E-state index in [1.54, 1.807) is 0 Å². The lowest BCUT2D eigenvalue weighted by Gasteiger charge is -2.26. The number of benzene rings is 1. The Morgan fingerprint density at radius 2 is 1.96 bits per heavy atom. The molecule has 1 aromatic carbocycles. The summed E-state index contributed by atoms with van der Waals surface area (Å²) >= 11 is 0. The molecule has 3 rings (SSSR count). The van der Waals surface area contributed by atoms with Crippen LogP contribution in [-0.4, -0.2) is 50.3 Å². The van der Waals surface area contributed by atoms with Gasteiger partial charge in [-0.2, -0.15) is 0 Å². The Kier molecular flexibility index (Phi) is 8.28. The molecule has 3 N–H and O–H groups in total. The van der Waals surface area contributed by atoms with E-state index in [-0.39, 0.29) is 24.0 Å². The number of unbranched alkanes of at least 4 members (excludes halogenated alkanes) is 1. The first kappa shape index (κ1) is 19.5. The zero-order valence-corrected chi connectivity index (χ0v) is 16.6. The molecule has 134 valence electrons. The highest BCUT2D eigenvalue weighted by molar-refractivity contribution is 14.0. The van der Waals surface area contributed by atoms with E-state index >= 15 is 0 Å². The summed E-state index contributed by atoms with van der Waals surface area (Å²) in [6.07, 6.45) is 5.90. The second kappa shape index (κ2) is 10.2. The summed E-state index contributed by atoms with van der Waals surface area (Å²) in [5.41, 5.74) is 9.98. The standard InChI is InChI=1S/C18H28N4O.HI/c19-18(20-8-1-2-9-22-10-12-23-13-11-22)21-17-7-6-15-4-3-5-16(15)14-17;/h6-7,14H,1-5,8-13H2,(H3,19,20,21);1H. The Morgan fingerprint density at radius 1 is 1.17 bits per heavy atom. The smallest absolute Gasteiger partial charge is 0.193 e. The number of guanidine groups is 1. The molecule has 0 atom stereocenters. The molecule has 1 aliphatic heterocycles. The maximum absolute atomic E-state index is 5.99. The van der Waals surface area contributed by atoms with Gasteiger partial charge >= 0.3 is 0 Å². The van der Waals surface area contributed by atoms with Gasteiger partial charge in [0.1, 0.15) is 0 Å². The van der Waals surface area contributed by atoms with E-state index in [1.807, 2.05) is 0 Å². The lowest BCUT2D eigenvalue weighted by molar-refractivity contribution is 0.0373. The SMILES string of the molecule is I.NC(=NCCCCN1CCOCC1)Nc1ccc2c(c1)CCC2. The topological polar surface area (TPSA) is 62.9 Å². The van der Waals surface area contributed by atoms with Gasteiger partial charge in [-0.1, -0.05) is 6.07 Å². The zero-order valence-electron chi connectivity index (χ0n) is 14.3. The van der Waals surface area contributed by atoms with E-state index in [0.717, 1.165) is 57.9 Å². The normalized spacial score (nSPS) is 18.1. The molecule has 1 saturated heterocycles. The van der Waals surface area contributed by atoms with E-state index in [0.29, 0.717) is 5.96 Å². The van der Waals surface area contributed by atoms with Crippen molar-refractivity contribution >= 4 is 35.6 Å². The fourth-order valence-electron chi connectivity index (χ4n) is 3.31. The highest BCUT2D eigenvalue weighted by Gasteiger charge is 2.11. The van der Waals surface area contributed by atoms with Crippen LogP contribution >= 0.6 is 24.0 Å². The van der Waals surface area contributed by atoms with E-state index in [1.165, 1.54) is 30.4 Å². The number of hydrogen-bond donors (Lipinski definition) is 2. The maximum atomic E-state index is 5.99. The van der Waals surface area contributed by atoms with E-state index in [9.17, 15) is 0 Å². The number of aliphatic imine (C=N–C) groups is 1. The van der Waals surface area contributed by atoms with Gasteiger partial charge in [0.2, 0.25) is 0 Å². The van der Waals surface area contributed by atoms with Gasteiger partial charge in [0.25, 0.3) is 0 Å². The summed E-state index contributed by atoms with van der Waals surface area (Å²) in [4.78, 5) is 6.89. The van der Waals surface area contributed by atoms with Crippen LogP contribution in [0.2, 0.25) is 0 Å². The number of rotatable bonds is 6. The fraction of sp³-hybridized carbons (Fsp3) is 0.611. The number of halogens is 1. The van der Waals surface area contributed by atoms with Gasteiger partial charge in [0.15, 0.2) is 5.96 Å². The molecule has 0 radical (unpaired) electrons. The Balaban J connectivity index is 0.00000208. The number of aryl methyl sites for hydroxylation is 2. The minimum Gasteiger partial charge on any atom is -0.379 e. The Labute approximate surface area is 162 Å². The van der Waals surface area contributed by atoms with Crippen molar-refractivity contribution < 1.29 is 4.74 Å². The molecule has 0 saturated carbocycles. The predicted molar refractivity (Wildman–Crippen MR) is 110 cm³/mol. The first-order valence-electron chi connectivity index (χ1n) is 8.80. The van der Waals surface area contributed by atoms with Crippen LogP contribution in [0.4, 0.5) is 5.69 Å². The molecule has 0 bridgehead atoms. The first-order chi connectivity index (χ1) is 11.3. The summed E-state index contributed by atoms with van der Waals surface area (Å²) in [5.74, 6) is 0.523. The lowest BCUT2D eigenvalue weighted by atomic mass is 10.1. The van der Waals surface area contributed by atoms with Crippen LogP contribution < -0.4 is 11.1 Å². The van der Waals surface area contributed by atoms with Gasteiger partial charge in [0.05, 0.1) is 13.2 Å². The number of fused-ring (bicyclic) bond motifs is 1. The van der Waals surface area contributed by atoms with Crippen LogP contribution in [0.5, 0.6) is 0 Å². The minimum atomic E-state index is 0. The van der Waals surface area contributed by atoms with Crippen LogP contribution in [0.25, 0.3) is 0 Å². The molecule has 5 nitrogen and oxygen atoms in total. The molecule has 1 aromatic rings. The van der Waals surface area contributed by atoms with Crippen LogP contribution in [0.1, 0.15) is 30.4 Å². The Hall–Kier alpha value is -0.860. The summed E-state index contributed by atoms with van der Waals surface area (Å²) in [7, 11) is 0. The Morgan fingerprint density at radius 3 is 2.79 bits per heavy atom. The summed E-state index contributed by atoms with van der Waals surface area (Å²) in [6.45, 7) is 5.79. The van der Waals surface area contributed by atoms with Crippen LogP contribution in [-0.2, 0) is 17.6 Å². The minimum absolute atomic E-state index is 0. The van der Waals surface area contributed by atoms with E-state index < -0.39 is 0 Å². The molecule has 2 aliphatic rings. The van der Waals surface area contributed by atoms with Crippen molar-refractivity contribution in [2.45, 2.75) is 32.1 Å². The van der Waals surface area contributed by atoms with Crippen molar-refractivity contribution in [2.24, 2.45) is 10.7 Å². The summed E-state index contributed by atoms with van der Waals surface area (Å²) < 4.78 is 5.35. The number of anilines is 1. The average Bonchev–Trinajstić information content (AvgIpc) is 3.03. The van der Waals surface area contributed by atoms with Gasteiger partial charge in [-0.3, -0.25) is 9.89 Å². The van der Waals surface area contributed by atoms with Gasteiger partial charge in [-0.15, -0.1) is 24.0 Å². The number of ether oxygens (including phenoxy) is 1. The Bertz CT molecular complexity index is 544. The van der Waals surface area contributed by atoms with Gasteiger partial charge in [0, 0.05) is 25.3 Å². The van der Waals surface area contributed by atoms with Crippen molar-refractivity contribution in [3.8, 4) is 0 Å². The molecule has 0 unspecified atom stereocenters. The molecular weight excluding hydrogens is 415 g/mol. The maximum Gasteiger partial charge on any atom is 0.193 e. The van der Waals surface area contributed by atoms with Crippen LogP contribution in [0.15, 0.2) is 23.2 Å². The molecule has 0 aromatic heterocycles. The molecule has 24 heavy (non-hydrogen) atoms. The van der Waals surface area contributed by atoms with Crippen molar-refractivity contribution in [3.05, 3.63) is 29.3 Å². The van der Waals surface area contributed by atoms with Crippen molar-refractivity contribution in [2.75, 3.05) is 44.7 Å². The quantitative estimate of drug-likeness (QED) is 0.307. The second-order valence-corrected chi connectivity index (χ2v) is 6.39. The monoisotopic (exact) mass is 444 g/mol. The number of nitrogens with two attached hydrogens (primary N) is 1. The zero-order chi connectivity index (χ0) is 15.9. The van der Waals surface area contributed by atoms with Crippen LogP contribution in [0, 0.1) is 0 Å². The molecule has 6 heteroatoms. The molecule has 1 heterocycles. The number of nitrogens with zero attached hydrogens (tertiary/aromatic N) is 2. The average molecular weight is 444 g/mol. The third-order valence-corrected chi connectivity index (χ3v) is 4.64. The summed E-state index contributed by atoms with van der Waals surface area (Å²) in [6, 6.07) is 6.52. The van der Waals surface area contributed by atoms with Crippen molar-refractivity contribution in [3.63, 3.8) is 0 Å². The first-order valence-corrected chi connectivity index (χ1v) is 8.80. The highest BCUT2D eigenvalue weighted by atomic mass is 127. The third-order valence-electron chi connectivity index (χ3n) is 4.64. The van der Waals surface area contributed by atoms with Crippen LogP contribution in [0.3, 0.4) is 0 Å². The second-order valence-electron chi connectivity index (χ2n) is 6.39. The number of morpholine rings is 1. The van der Waals surface area contributed by atoms with Gasteiger partial charge < -0.3 is 15.8 Å². The molecular formula is C18H29IN4O. The molecule has 0 spiro atoms. The fourth-order valence-corrected chi connectivity index (χ4v) is 3.31. The third kappa shape index (κ3) is 5.89. The van der Waals surface area contributed by atoms with Crippen molar-refractivity contribution in [1.82, 2.24) is 4.90 Å². The molecule has 0 amide bonds. The number of nitrogens with one attached hydrogen (secondary N) is 1. The van der Waals surface area contributed by atoms with E-state index in [2.05, 4.69) is 33.4 Å². The number of hydrogen-bond acceptors (Lipinski definition) is 3. The largest absolute Gasteiger partial charge is 0.379 e.